The van der Waals surface area contributed by atoms with E-state index < -0.39 is 21.5 Å². The van der Waals surface area contributed by atoms with Gasteiger partial charge in [0.05, 0.1) is 17.5 Å². The van der Waals surface area contributed by atoms with Gasteiger partial charge in [-0.2, -0.15) is 0 Å². The van der Waals surface area contributed by atoms with Crippen LogP contribution in [0.5, 0.6) is 0 Å². The minimum absolute atomic E-state index is 0.0599. The Labute approximate surface area is 173 Å². The van der Waals surface area contributed by atoms with Crippen LogP contribution in [-0.2, 0) is 16.6 Å². The van der Waals surface area contributed by atoms with Gasteiger partial charge in [0.1, 0.15) is 21.4 Å². The minimum Gasteiger partial charge on any atom is -0.308 e. The van der Waals surface area contributed by atoms with E-state index in [1.165, 1.54) is 35.6 Å². The molecule has 1 aliphatic heterocycles. The Morgan fingerprint density at radius 1 is 1.03 bits per heavy atom. The average Bonchev–Trinajstić information content (AvgIpc) is 3.23. The topological polar surface area (TPSA) is 100 Å². The molecule has 1 N–H and O–H groups in total. The van der Waals surface area contributed by atoms with Gasteiger partial charge in [0, 0.05) is 10.9 Å². The van der Waals surface area contributed by atoms with Gasteiger partial charge in [0.25, 0.3) is 21.5 Å². The second-order valence-electron chi connectivity index (χ2n) is 6.66. The molecule has 0 saturated heterocycles. The lowest BCUT2D eigenvalue weighted by atomic mass is 10.1. The number of rotatable bonds is 3. The number of hydrogen-bond donors (Lipinski definition) is 1. The highest BCUT2D eigenvalue weighted by Gasteiger charge is 2.41. The van der Waals surface area contributed by atoms with E-state index in [1.54, 1.807) is 29.6 Å². The first-order valence-corrected chi connectivity index (χ1v) is 11.1. The van der Waals surface area contributed by atoms with Crippen LogP contribution in [0.15, 0.2) is 63.6 Å². The SMILES string of the molecule is O=C1c2ccccc2S(=O)(=O)N1Cc1nc2scc(-c3ccc(F)cc3)c2c(=O)[nH]1. The van der Waals surface area contributed by atoms with Crippen molar-refractivity contribution in [3.8, 4) is 11.1 Å². The van der Waals surface area contributed by atoms with Gasteiger partial charge >= 0.3 is 0 Å². The number of aromatic amines is 1. The zero-order valence-corrected chi connectivity index (χ0v) is 16.8. The fraction of sp³-hybridized carbons (Fsp3) is 0.0500. The third kappa shape index (κ3) is 2.76. The molecule has 3 heterocycles. The molecule has 2 aromatic heterocycles. The summed E-state index contributed by atoms with van der Waals surface area (Å²) in [5.74, 6) is -0.985. The first-order valence-electron chi connectivity index (χ1n) is 8.79. The molecule has 1 amide bonds. The van der Waals surface area contributed by atoms with E-state index in [4.69, 9.17) is 0 Å². The van der Waals surface area contributed by atoms with E-state index in [1.807, 2.05) is 0 Å². The quantitative estimate of drug-likeness (QED) is 0.527. The number of carbonyl (C=O) groups excluding carboxylic acids is 1. The number of nitrogens with one attached hydrogen (secondary N) is 1. The largest absolute Gasteiger partial charge is 0.308 e. The van der Waals surface area contributed by atoms with E-state index in [-0.39, 0.29) is 28.6 Å². The fourth-order valence-corrected chi connectivity index (χ4v) is 5.93. The van der Waals surface area contributed by atoms with Crippen LogP contribution in [0.2, 0.25) is 0 Å². The Morgan fingerprint density at radius 2 is 1.77 bits per heavy atom. The molecule has 0 unspecified atom stereocenters. The van der Waals surface area contributed by atoms with Crippen molar-refractivity contribution in [3.63, 3.8) is 0 Å². The summed E-state index contributed by atoms with van der Waals surface area (Å²) in [6.07, 6.45) is 0. The molecule has 1 aliphatic rings. The number of carbonyl (C=O) groups is 1. The number of hydrogen-bond acceptors (Lipinski definition) is 6. The van der Waals surface area contributed by atoms with Crippen molar-refractivity contribution in [1.29, 1.82) is 0 Å². The predicted molar refractivity (Wildman–Crippen MR) is 109 cm³/mol. The molecule has 4 aromatic rings. The van der Waals surface area contributed by atoms with Gasteiger partial charge < -0.3 is 4.98 Å². The average molecular weight is 441 g/mol. The molecule has 10 heteroatoms. The van der Waals surface area contributed by atoms with Crippen LogP contribution in [-0.4, -0.2) is 28.6 Å². The first kappa shape index (κ1) is 18.6. The molecule has 0 atom stereocenters. The van der Waals surface area contributed by atoms with Gasteiger partial charge in [-0.15, -0.1) is 11.3 Å². The highest BCUT2D eigenvalue weighted by molar-refractivity contribution is 7.90. The molecule has 0 radical (unpaired) electrons. The van der Waals surface area contributed by atoms with Crippen LogP contribution in [0.1, 0.15) is 16.2 Å². The lowest BCUT2D eigenvalue weighted by Crippen LogP contribution is -2.31. The van der Waals surface area contributed by atoms with Crippen molar-refractivity contribution >= 4 is 37.5 Å². The summed E-state index contributed by atoms with van der Waals surface area (Å²) in [7, 11) is -4.01. The summed E-state index contributed by atoms with van der Waals surface area (Å²) in [5, 5.41) is 2.06. The van der Waals surface area contributed by atoms with Crippen LogP contribution >= 0.6 is 11.3 Å². The Morgan fingerprint density at radius 3 is 2.50 bits per heavy atom. The Balaban J connectivity index is 1.55. The Bertz CT molecular complexity index is 1490. The highest BCUT2D eigenvalue weighted by atomic mass is 32.2. The van der Waals surface area contributed by atoms with Gasteiger partial charge in [-0.1, -0.05) is 24.3 Å². The molecule has 150 valence electrons. The summed E-state index contributed by atoms with van der Waals surface area (Å²) < 4.78 is 39.3. The number of nitrogens with zero attached hydrogens (tertiary/aromatic N) is 2. The maximum absolute atomic E-state index is 13.2. The molecule has 0 aliphatic carbocycles. The minimum atomic E-state index is -4.01. The summed E-state index contributed by atoms with van der Waals surface area (Å²) in [4.78, 5) is 32.6. The standard InChI is InChI=1S/C20H12FN3O4S2/c21-12-7-5-11(6-8-12)14-10-29-19-17(14)18(25)22-16(23-19)9-24-20(26)13-3-1-2-4-15(13)30(24,27)28/h1-8,10H,9H2,(H,22,23,25). The maximum atomic E-state index is 13.2. The molecule has 2 aromatic carbocycles. The number of sulfonamides is 1. The van der Waals surface area contributed by atoms with E-state index in [0.29, 0.717) is 25.6 Å². The molecule has 0 fully saturated rings. The third-order valence-electron chi connectivity index (χ3n) is 4.85. The van der Waals surface area contributed by atoms with E-state index in [2.05, 4.69) is 9.97 Å². The van der Waals surface area contributed by atoms with Crippen molar-refractivity contribution in [2.75, 3.05) is 0 Å². The van der Waals surface area contributed by atoms with Gasteiger partial charge in [-0.25, -0.2) is 22.1 Å². The van der Waals surface area contributed by atoms with Crippen molar-refractivity contribution in [2.45, 2.75) is 11.4 Å². The normalized spacial score (nSPS) is 15.0. The van der Waals surface area contributed by atoms with Gasteiger partial charge in [0.2, 0.25) is 0 Å². The molecule has 5 rings (SSSR count). The molecular weight excluding hydrogens is 429 g/mol. The van der Waals surface area contributed by atoms with Crippen LogP contribution in [0.4, 0.5) is 4.39 Å². The molecule has 7 nitrogen and oxygen atoms in total. The summed E-state index contributed by atoms with van der Waals surface area (Å²) in [6, 6.07) is 11.7. The third-order valence-corrected chi connectivity index (χ3v) is 7.51. The number of H-pyrrole nitrogens is 1. The van der Waals surface area contributed by atoms with Crippen LogP contribution in [0, 0.1) is 5.82 Å². The second-order valence-corrected chi connectivity index (χ2v) is 9.35. The van der Waals surface area contributed by atoms with Gasteiger partial charge in [-0.05, 0) is 29.8 Å². The maximum Gasteiger partial charge on any atom is 0.269 e. The van der Waals surface area contributed by atoms with Crippen LogP contribution in [0.3, 0.4) is 0 Å². The lowest BCUT2D eigenvalue weighted by molar-refractivity contribution is 0.0862. The van der Waals surface area contributed by atoms with Crippen LogP contribution < -0.4 is 5.56 Å². The molecule has 30 heavy (non-hydrogen) atoms. The highest BCUT2D eigenvalue weighted by Crippen LogP contribution is 2.33. The number of halogens is 1. The van der Waals surface area contributed by atoms with Crippen LogP contribution in [0.25, 0.3) is 21.3 Å². The zero-order chi connectivity index (χ0) is 21.0. The van der Waals surface area contributed by atoms with Crippen molar-refractivity contribution in [3.05, 3.63) is 81.5 Å². The second kappa shape index (κ2) is 6.57. The predicted octanol–water partition coefficient (Wildman–Crippen LogP) is 3.14. The molecule has 0 bridgehead atoms. The van der Waals surface area contributed by atoms with Crippen molar-refractivity contribution in [2.24, 2.45) is 0 Å². The lowest BCUT2D eigenvalue weighted by Gasteiger charge is -2.14. The Hall–Kier alpha value is -3.37. The fourth-order valence-electron chi connectivity index (χ4n) is 3.43. The van der Waals surface area contributed by atoms with E-state index >= 15 is 0 Å². The number of thiophene rings is 1. The van der Waals surface area contributed by atoms with Crippen molar-refractivity contribution < 1.29 is 17.6 Å². The smallest absolute Gasteiger partial charge is 0.269 e. The number of aromatic nitrogens is 2. The summed E-state index contributed by atoms with van der Waals surface area (Å²) in [6.45, 7) is -0.384. The monoisotopic (exact) mass is 441 g/mol. The first-order chi connectivity index (χ1) is 14.4. The Kier molecular flexibility index (Phi) is 4.09. The summed E-state index contributed by atoms with van der Waals surface area (Å²) >= 11 is 1.21. The molecule has 0 spiro atoms. The van der Waals surface area contributed by atoms with Gasteiger partial charge in [-0.3, -0.25) is 9.59 Å². The number of amides is 1. The van der Waals surface area contributed by atoms with Crippen molar-refractivity contribution in [1.82, 2.24) is 14.3 Å². The summed E-state index contributed by atoms with van der Waals surface area (Å²) in [5.41, 5.74) is 0.899. The molecular formula is C20H12FN3O4S2. The number of fused-ring (bicyclic) bond motifs is 2. The van der Waals surface area contributed by atoms with Gasteiger partial charge in [0.15, 0.2) is 0 Å². The van der Waals surface area contributed by atoms with E-state index in [0.717, 1.165) is 0 Å². The van der Waals surface area contributed by atoms with E-state index in [9.17, 15) is 22.4 Å². The zero-order valence-electron chi connectivity index (χ0n) is 15.1. The number of benzene rings is 2. The molecule has 0 saturated carbocycles.